The molecule has 0 bridgehead atoms. The molecule has 0 saturated carbocycles. The van der Waals surface area contributed by atoms with Crippen LogP contribution in [0.5, 0.6) is 0 Å². The van der Waals surface area contributed by atoms with Gasteiger partial charge < -0.3 is 4.42 Å². The molecule has 0 amide bonds. The normalized spacial score (nSPS) is 11.1. The first-order valence-corrected chi connectivity index (χ1v) is 7.58. The van der Waals surface area contributed by atoms with E-state index < -0.39 is 0 Å². The Morgan fingerprint density at radius 3 is 2.71 bits per heavy atom. The van der Waals surface area contributed by atoms with E-state index in [1.54, 1.807) is 6.07 Å². The molecule has 0 aliphatic carbocycles. The van der Waals surface area contributed by atoms with E-state index in [0.29, 0.717) is 16.9 Å². The first-order chi connectivity index (χ1) is 11.6. The van der Waals surface area contributed by atoms with E-state index in [-0.39, 0.29) is 5.82 Å². The van der Waals surface area contributed by atoms with Crippen LogP contribution in [0.3, 0.4) is 0 Å². The Hall–Kier alpha value is -3.19. The van der Waals surface area contributed by atoms with Crippen LogP contribution in [0.25, 0.3) is 38.0 Å². The summed E-state index contributed by atoms with van der Waals surface area (Å²) in [4.78, 5) is 3.80. The molecule has 0 unspecified atom stereocenters. The molecule has 0 aliphatic rings. The monoisotopic (exact) mass is 317 g/mol. The van der Waals surface area contributed by atoms with Gasteiger partial charge >= 0.3 is 0 Å². The molecule has 0 radical (unpaired) electrons. The van der Waals surface area contributed by atoms with Gasteiger partial charge in [-0.15, -0.1) is 0 Å². The third kappa shape index (κ3) is 1.99. The first kappa shape index (κ1) is 14.4. The van der Waals surface area contributed by atoms with Gasteiger partial charge in [0.15, 0.2) is 6.20 Å². The number of benzene rings is 2. The molecule has 0 saturated heterocycles. The molecule has 4 rings (SSSR count). The molecule has 2 aromatic carbocycles. The molecular formula is C20H14FN2O+. The highest BCUT2D eigenvalue weighted by Gasteiger charge is 2.22. The molecule has 0 fully saturated rings. The number of hydrogen-bond donors (Lipinski definition) is 0. The van der Waals surface area contributed by atoms with Gasteiger partial charge in [-0.2, -0.15) is 0 Å². The van der Waals surface area contributed by atoms with Crippen molar-refractivity contribution >= 4 is 27.6 Å². The van der Waals surface area contributed by atoms with Crippen LogP contribution in [0.1, 0.15) is 5.56 Å². The van der Waals surface area contributed by atoms with Gasteiger partial charge in [-0.1, -0.05) is 0 Å². The highest BCUT2D eigenvalue weighted by Crippen LogP contribution is 2.43. The van der Waals surface area contributed by atoms with Crippen molar-refractivity contribution in [3.63, 3.8) is 0 Å². The van der Waals surface area contributed by atoms with Gasteiger partial charge in [0.1, 0.15) is 24.0 Å². The Labute approximate surface area is 138 Å². The molecule has 116 valence electrons. The van der Waals surface area contributed by atoms with Crippen LogP contribution in [0, 0.1) is 19.3 Å². The van der Waals surface area contributed by atoms with Crippen LogP contribution in [0.15, 0.2) is 53.1 Å². The van der Waals surface area contributed by atoms with Crippen molar-refractivity contribution in [1.82, 2.24) is 0 Å². The molecule has 4 aromatic rings. The highest BCUT2D eigenvalue weighted by atomic mass is 19.1. The van der Waals surface area contributed by atoms with Crippen molar-refractivity contribution in [3.8, 4) is 11.3 Å². The molecule has 0 spiro atoms. The number of nitrogens with zero attached hydrogens (tertiary/aromatic N) is 2. The maximum absolute atomic E-state index is 13.5. The maximum atomic E-state index is 13.5. The van der Waals surface area contributed by atoms with E-state index in [9.17, 15) is 4.39 Å². The van der Waals surface area contributed by atoms with Crippen LogP contribution in [-0.2, 0) is 7.05 Å². The standard InChI is InChI=1S/C20H14FN2O/c1-12-10-17-19(14-8-7-13(21)11-16(14)24-17)20(22-2)18(12)15-6-4-5-9-23(15)3/h4-11H,1,3H3/q+1. The van der Waals surface area contributed by atoms with Crippen molar-refractivity contribution < 1.29 is 13.4 Å². The summed E-state index contributed by atoms with van der Waals surface area (Å²) in [6, 6.07) is 12.2. The van der Waals surface area contributed by atoms with Gasteiger partial charge in [0.2, 0.25) is 11.4 Å². The Kier molecular flexibility index (Phi) is 3.10. The lowest BCUT2D eigenvalue weighted by Gasteiger charge is -2.08. The summed E-state index contributed by atoms with van der Waals surface area (Å²) in [7, 11) is 1.95. The summed E-state index contributed by atoms with van der Waals surface area (Å²) in [6.07, 6.45) is 1.95. The van der Waals surface area contributed by atoms with Gasteiger partial charge in [0, 0.05) is 29.0 Å². The fraction of sp³-hybridized carbons (Fsp3) is 0.100. The van der Waals surface area contributed by atoms with E-state index in [1.807, 2.05) is 49.0 Å². The molecular weight excluding hydrogens is 303 g/mol. The predicted molar refractivity (Wildman–Crippen MR) is 91.3 cm³/mol. The lowest BCUT2D eigenvalue weighted by atomic mass is 9.98. The smallest absolute Gasteiger partial charge is 0.212 e. The number of halogens is 1. The Bertz CT molecular complexity index is 1150. The van der Waals surface area contributed by atoms with Crippen LogP contribution >= 0.6 is 0 Å². The fourth-order valence-corrected chi connectivity index (χ4v) is 3.23. The van der Waals surface area contributed by atoms with E-state index in [2.05, 4.69) is 4.85 Å². The van der Waals surface area contributed by atoms with Gasteiger partial charge in [-0.3, -0.25) is 0 Å². The third-order valence-electron chi connectivity index (χ3n) is 4.32. The molecule has 4 heteroatoms. The Balaban J connectivity index is 2.20. The molecule has 0 atom stereocenters. The summed E-state index contributed by atoms with van der Waals surface area (Å²) in [5, 5.41) is 1.50. The second-order valence-electron chi connectivity index (χ2n) is 5.84. The largest absolute Gasteiger partial charge is 0.457 e. The number of fused-ring (bicyclic) bond motifs is 3. The summed E-state index contributed by atoms with van der Waals surface area (Å²) in [5.74, 6) is -0.350. The number of rotatable bonds is 1. The van der Waals surface area contributed by atoms with E-state index >= 15 is 0 Å². The van der Waals surface area contributed by atoms with Crippen molar-refractivity contribution in [1.29, 1.82) is 0 Å². The number of furan rings is 1. The molecule has 3 nitrogen and oxygen atoms in total. The zero-order valence-electron chi connectivity index (χ0n) is 13.3. The third-order valence-corrected chi connectivity index (χ3v) is 4.32. The lowest BCUT2D eigenvalue weighted by molar-refractivity contribution is -0.660. The van der Waals surface area contributed by atoms with E-state index in [4.69, 9.17) is 11.0 Å². The SMILES string of the molecule is [C-]#[N+]c1c(-c2cccc[n+]2C)c(C)cc2oc3cc(F)ccc3c12. The molecule has 2 heterocycles. The molecule has 2 aromatic heterocycles. The number of aromatic nitrogens is 1. The van der Waals surface area contributed by atoms with Gasteiger partial charge in [-0.25, -0.2) is 13.8 Å². The quantitative estimate of drug-likeness (QED) is 0.354. The van der Waals surface area contributed by atoms with Crippen LogP contribution in [-0.4, -0.2) is 0 Å². The molecule has 0 aliphatic heterocycles. The predicted octanol–water partition coefficient (Wildman–Crippen LogP) is 5.08. The summed E-state index contributed by atoms with van der Waals surface area (Å²) < 4.78 is 21.3. The average molecular weight is 317 g/mol. The summed E-state index contributed by atoms with van der Waals surface area (Å²) in [5.41, 5.74) is 4.41. The minimum atomic E-state index is -0.350. The zero-order valence-corrected chi connectivity index (χ0v) is 13.3. The van der Waals surface area contributed by atoms with Gasteiger partial charge in [0.05, 0.1) is 12.1 Å². The highest BCUT2D eigenvalue weighted by molar-refractivity contribution is 6.15. The van der Waals surface area contributed by atoms with Crippen LogP contribution in [0.2, 0.25) is 0 Å². The Morgan fingerprint density at radius 2 is 1.96 bits per heavy atom. The lowest BCUT2D eigenvalue weighted by Crippen LogP contribution is -2.30. The topological polar surface area (TPSA) is 21.4 Å². The average Bonchev–Trinajstić information content (AvgIpc) is 2.91. The van der Waals surface area contributed by atoms with E-state index in [0.717, 1.165) is 27.6 Å². The Morgan fingerprint density at radius 1 is 1.12 bits per heavy atom. The minimum absolute atomic E-state index is 0.350. The fourth-order valence-electron chi connectivity index (χ4n) is 3.23. The summed E-state index contributed by atoms with van der Waals surface area (Å²) >= 11 is 0. The molecule has 0 N–H and O–H groups in total. The van der Waals surface area contributed by atoms with Crippen molar-refractivity contribution in [2.75, 3.05) is 0 Å². The number of hydrogen-bond acceptors (Lipinski definition) is 1. The van der Waals surface area contributed by atoms with Gasteiger partial charge in [0.25, 0.3) is 0 Å². The summed E-state index contributed by atoms with van der Waals surface area (Å²) in [6.45, 7) is 9.70. The second kappa shape index (κ2) is 5.17. The first-order valence-electron chi connectivity index (χ1n) is 7.58. The number of pyridine rings is 1. The van der Waals surface area contributed by atoms with Crippen molar-refractivity contribution in [3.05, 3.63) is 71.5 Å². The maximum Gasteiger partial charge on any atom is 0.212 e. The number of aryl methyl sites for hydroxylation is 2. The van der Waals surface area contributed by atoms with Crippen LogP contribution < -0.4 is 4.57 Å². The van der Waals surface area contributed by atoms with Crippen LogP contribution in [0.4, 0.5) is 10.1 Å². The minimum Gasteiger partial charge on any atom is -0.457 e. The second-order valence-corrected chi connectivity index (χ2v) is 5.84. The van der Waals surface area contributed by atoms with Crippen molar-refractivity contribution in [2.24, 2.45) is 7.05 Å². The molecule has 24 heavy (non-hydrogen) atoms. The van der Waals surface area contributed by atoms with Crippen molar-refractivity contribution in [2.45, 2.75) is 6.92 Å². The van der Waals surface area contributed by atoms with E-state index in [1.165, 1.54) is 12.1 Å². The van der Waals surface area contributed by atoms with Gasteiger partial charge in [-0.05, 0) is 36.8 Å². The zero-order chi connectivity index (χ0) is 16.8.